The number of amides is 1. The van der Waals surface area contributed by atoms with Crippen LogP contribution in [0.5, 0.6) is 0 Å². The standard InChI is InChI=1S/C13H21NO3/c1-2-3-4-5-9-6-7-11-10(8-9)12(15)17-13(16)14-11/h9-11H,2-8H2,1H3,(H,14,16). The number of unbranched alkanes of at least 4 members (excludes halogenated alkanes) is 2. The van der Waals surface area contributed by atoms with Crippen LogP contribution in [0.3, 0.4) is 0 Å². The number of rotatable bonds is 4. The summed E-state index contributed by atoms with van der Waals surface area (Å²) in [4.78, 5) is 22.7. The van der Waals surface area contributed by atoms with E-state index < -0.39 is 6.09 Å². The lowest BCUT2D eigenvalue weighted by Crippen LogP contribution is -2.53. The first kappa shape index (κ1) is 12.4. The summed E-state index contributed by atoms with van der Waals surface area (Å²) in [6.45, 7) is 2.20. The monoisotopic (exact) mass is 239 g/mol. The fourth-order valence-electron chi connectivity index (χ4n) is 2.98. The number of alkyl carbamates (subject to hydrolysis) is 1. The molecule has 96 valence electrons. The Morgan fingerprint density at radius 1 is 1.29 bits per heavy atom. The van der Waals surface area contributed by atoms with Crippen LogP contribution in [0, 0.1) is 11.8 Å². The van der Waals surface area contributed by atoms with Crippen molar-refractivity contribution in [3.63, 3.8) is 0 Å². The third kappa shape index (κ3) is 2.99. The van der Waals surface area contributed by atoms with Crippen molar-refractivity contribution in [3.8, 4) is 0 Å². The van der Waals surface area contributed by atoms with E-state index in [1.54, 1.807) is 0 Å². The van der Waals surface area contributed by atoms with E-state index >= 15 is 0 Å². The van der Waals surface area contributed by atoms with Gasteiger partial charge in [-0.2, -0.15) is 0 Å². The molecule has 4 heteroatoms. The van der Waals surface area contributed by atoms with Crippen LogP contribution in [-0.4, -0.2) is 18.1 Å². The van der Waals surface area contributed by atoms with Crippen LogP contribution in [0.1, 0.15) is 51.9 Å². The highest BCUT2D eigenvalue weighted by Crippen LogP contribution is 2.34. The molecule has 1 saturated heterocycles. The van der Waals surface area contributed by atoms with Gasteiger partial charge in [0.15, 0.2) is 0 Å². The maximum absolute atomic E-state index is 11.6. The molecule has 1 aliphatic carbocycles. The number of carbonyl (C=O) groups excluding carboxylic acids is 2. The average molecular weight is 239 g/mol. The Morgan fingerprint density at radius 2 is 2.12 bits per heavy atom. The van der Waals surface area contributed by atoms with Gasteiger partial charge in [0, 0.05) is 6.04 Å². The van der Waals surface area contributed by atoms with Crippen molar-refractivity contribution in [2.75, 3.05) is 0 Å². The Bertz CT molecular complexity index is 303. The van der Waals surface area contributed by atoms with Gasteiger partial charge in [-0.3, -0.25) is 4.79 Å². The normalized spacial score (nSPS) is 32.6. The Balaban J connectivity index is 1.85. The summed E-state index contributed by atoms with van der Waals surface area (Å²) in [5.74, 6) is 0.206. The van der Waals surface area contributed by atoms with Crippen LogP contribution in [0.25, 0.3) is 0 Å². The maximum atomic E-state index is 11.6. The lowest BCUT2D eigenvalue weighted by atomic mass is 9.75. The molecule has 17 heavy (non-hydrogen) atoms. The summed E-state index contributed by atoms with van der Waals surface area (Å²) in [7, 11) is 0. The molecule has 1 amide bonds. The van der Waals surface area contributed by atoms with Crippen LogP contribution in [0.4, 0.5) is 4.79 Å². The minimum absolute atomic E-state index is 0.0196. The predicted molar refractivity (Wildman–Crippen MR) is 63.4 cm³/mol. The Hall–Kier alpha value is -1.06. The third-order valence-electron chi connectivity index (χ3n) is 3.97. The van der Waals surface area contributed by atoms with Crippen molar-refractivity contribution in [1.82, 2.24) is 5.32 Å². The molecular weight excluding hydrogens is 218 g/mol. The minimum Gasteiger partial charge on any atom is -0.376 e. The van der Waals surface area contributed by atoms with E-state index in [2.05, 4.69) is 17.0 Å². The van der Waals surface area contributed by atoms with Crippen molar-refractivity contribution in [2.24, 2.45) is 11.8 Å². The highest BCUT2D eigenvalue weighted by atomic mass is 16.6. The smallest absolute Gasteiger partial charge is 0.376 e. The average Bonchev–Trinajstić information content (AvgIpc) is 2.30. The molecule has 0 aromatic heterocycles. The zero-order valence-electron chi connectivity index (χ0n) is 10.4. The molecule has 2 aliphatic rings. The second kappa shape index (κ2) is 5.52. The van der Waals surface area contributed by atoms with Gasteiger partial charge < -0.3 is 10.1 Å². The number of fused-ring (bicyclic) bond motifs is 1. The molecule has 2 fully saturated rings. The van der Waals surface area contributed by atoms with Gasteiger partial charge in [0.25, 0.3) is 0 Å². The molecule has 1 aliphatic heterocycles. The summed E-state index contributed by atoms with van der Waals surface area (Å²) >= 11 is 0. The Kier molecular flexibility index (Phi) is 4.02. The molecule has 1 saturated carbocycles. The van der Waals surface area contributed by atoms with Crippen molar-refractivity contribution in [3.05, 3.63) is 0 Å². The highest BCUT2D eigenvalue weighted by molar-refractivity contribution is 5.89. The lowest BCUT2D eigenvalue weighted by molar-refractivity contribution is -0.147. The van der Waals surface area contributed by atoms with E-state index in [9.17, 15) is 9.59 Å². The van der Waals surface area contributed by atoms with E-state index in [1.807, 2.05) is 0 Å². The van der Waals surface area contributed by atoms with Gasteiger partial charge in [-0.05, 0) is 25.2 Å². The molecule has 0 radical (unpaired) electrons. The first-order valence-electron chi connectivity index (χ1n) is 6.73. The summed E-state index contributed by atoms with van der Waals surface area (Å²) in [6, 6.07) is 0.0196. The molecule has 1 N–H and O–H groups in total. The first-order valence-corrected chi connectivity index (χ1v) is 6.73. The van der Waals surface area contributed by atoms with Crippen molar-refractivity contribution >= 4 is 12.1 Å². The van der Waals surface area contributed by atoms with Crippen molar-refractivity contribution in [2.45, 2.75) is 57.9 Å². The Morgan fingerprint density at radius 3 is 2.88 bits per heavy atom. The van der Waals surface area contributed by atoms with E-state index in [1.165, 1.54) is 25.7 Å². The molecule has 1 heterocycles. The second-order valence-corrected chi connectivity index (χ2v) is 5.24. The third-order valence-corrected chi connectivity index (χ3v) is 3.97. The maximum Gasteiger partial charge on any atom is 0.415 e. The van der Waals surface area contributed by atoms with Gasteiger partial charge in [-0.25, -0.2) is 4.79 Å². The number of hydrogen-bond donors (Lipinski definition) is 1. The van der Waals surface area contributed by atoms with Gasteiger partial charge in [-0.1, -0.05) is 32.6 Å². The zero-order valence-corrected chi connectivity index (χ0v) is 10.4. The van der Waals surface area contributed by atoms with E-state index in [4.69, 9.17) is 0 Å². The molecule has 3 atom stereocenters. The largest absolute Gasteiger partial charge is 0.415 e. The molecule has 0 aromatic rings. The van der Waals surface area contributed by atoms with E-state index in [0.717, 1.165) is 19.3 Å². The summed E-state index contributed by atoms with van der Waals surface area (Å²) in [5.41, 5.74) is 0. The van der Waals surface area contributed by atoms with E-state index in [0.29, 0.717) is 5.92 Å². The molecular formula is C13H21NO3. The van der Waals surface area contributed by atoms with Crippen LogP contribution >= 0.6 is 0 Å². The van der Waals surface area contributed by atoms with Crippen molar-refractivity contribution in [1.29, 1.82) is 0 Å². The number of cyclic esters (lactones) is 2. The quantitative estimate of drug-likeness (QED) is 0.466. The zero-order chi connectivity index (χ0) is 12.3. The molecule has 3 unspecified atom stereocenters. The van der Waals surface area contributed by atoms with Gasteiger partial charge in [0.2, 0.25) is 0 Å². The predicted octanol–water partition coefficient (Wildman–Crippen LogP) is 2.62. The number of carbonyl (C=O) groups is 2. The SMILES string of the molecule is CCCCCC1CCC2NC(=O)OC(=O)C2C1. The Labute approximate surface area is 102 Å². The fraction of sp³-hybridized carbons (Fsp3) is 0.846. The molecule has 0 aromatic carbocycles. The highest BCUT2D eigenvalue weighted by Gasteiger charge is 2.41. The second-order valence-electron chi connectivity index (χ2n) is 5.24. The first-order chi connectivity index (χ1) is 8.20. The van der Waals surface area contributed by atoms with Crippen molar-refractivity contribution < 1.29 is 14.3 Å². The van der Waals surface area contributed by atoms with E-state index in [-0.39, 0.29) is 17.9 Å². The van der Waals surface area contributed by atoms with Crippen LogP contribution < -0.4 is 5.32 Å². The molecule has 4 nitrogen and oxygen atoms in total. The van der Waals surface area contributed by atoms with Gasteiger partial charge in [-0.15, -0.1) is 0 Å². The molecule has 0 bridgehead atoms. The summed E-state index contributed by atoms with van der Waals surface area (Å²) in [5, 5.41) is 2.75. The fourth-order valence-corrected chi connectivity index (χ4v) is 2.98. The van der Waals surface area contributed by atoms with Crippen LogP contribution in [-0.2, 0) is 9.53 Å². The molecule has 2 rings (SSSR count). The minimum atomic E-state index is -0.569. The summed E-state index contributed by atoms with van der Waals surface area (Å²) < 4.78 is 4.64. The van der Waals surface area contributed by atoms with Gasteiger partial charge in [0.05, 0.1) is 5.92 Å². The van der Waals surface area contributed by atoms with Gasteiger partial charge >= 0.3 is 12.1 Å². The van der Waals surface area contributed by atoms with Crippen LogP contribution in [0.2, 0.25) is 0 Å². The number of esters is 1. The van der Waals surface area contributed by atoms with Gasteiger partial charge in [0.1, 0.15) is 0 Å². The number of nitrogens with one attached hydrogen (secondary N) is 1. The van der Waals surface area contributed by atoms with Crippen LogP contribution in [0.15, 0.2) is 0 Å². The number of hydrogen-bond acceptors (Lipinski definition) is 3. The summed E-state index contributed by atoms with van der Waals surface area (Å²) in [6.07, 6.45) is 7.32. The topological polar surface area (TPSA) is 55.4 Å². The molecule has 0 spiro atoms. The lowest BCUT2D eigenvalue weighted by Gasteiger charge is -2.37. The number of ether oxygens (including phenoxy) is 1.